The van der Waals surface area contributed by atoms with Gasteiger partial charge in [0, 0.05) is 0 Å². The van der Waals surface area contributed by atoms with E-state index in [0.717, 1.165) is 0 Å². The van der Waals surface area contributed by atoms with E-state index in [-0.39, 0.29) is 18.1 Å². The Bertz CT molecular complexity index is 375. The van der Waals surface area contributed by atoms with Crippen LogP contribution in [0.1, 0.15) is 17.4 Å². The maximum Gasteiger partial charge on any atom is 0.354 e. The molecule has 1 aromatic heterocycles. The maximum atomic E-state index is 11.3. The highest BCUT2D eigenvalue weighted by molar-refractivity contribution is 5.92. The van der Waals surface area contributed by atoms with Gasteiger partial charge in [0.2, 0.25) is 5.91 Å². The number of carboxylic acids is 1. The largest absolute Gasteiger partial charge is 0.477 e. The number of likely N-dealkylation sites (N-methyl/N-ethyl adjacent to an activating group) is 1. The zero-order chi connectivity index (χ0) is 12.0. The van der Waals surface area contributed by atoms with Gasteiger partial charge in [-0.3, -0.25) is 4.79 Å². The number of anilines is 1. The molecular formula is C10H13N3O3. The van der Waals surface area contributed by atoms with Gasteiger partial charge < -0.3 is 15.7 Å². The Kier molecular flexibility index (Phi) is 4.41. The molecule has 0 aliphatic rings. The fourth-order valence-electron chi connectivity index (χ4n) is 1.04. The molecule has 0 bridgehead atoms. The highest BCUT2D eigenvalue weighted by Gasteiger charge is 2.05. The third kappa shape index (κ3) is 3.66. The van der Waals surface area contributed by atoms with Crippen molar-refractivity contribution in [1.29, 1.82) is 0 Å². The van der Waals surface area contributed by atoms with Crippen molar-refractivity contribution < 1.29 is 14.7 Å². The first-order valence-corrected chi connectivity index (χ1v) is 4.83. The van der Waals surface area contributed by atoms with Crippen LogP contribution in [0.2, 0.25) is 0 Å². The molecule has 0 saturated carbocycles. The van der Waals surface area contributed by atoms with E-state index in [9.17, 15) is 9.59 Å². The Morgan fingerprint density at radius 1 is 1.44 bits per heavy atom. The van der Waals surface area contributed by atoms with Crippen LogP contribution in [0.15, 0.2) is 18.3 Å². The summed E-state index contributed by atoms with van der Waals surface area (Å²) in [5, 5.41) is 14.1. The predicted molar refractivity (Wildman–Crippen MR) is 58.4 cm³/mol. The Morgan fingerprint density at radius 2 is 2.19 bits per heavy atom. The Balaban J connectivity index is 2.55. The second-order valence-corrected chi connectivity index (χ2v) is 3.07. The summed E-state index contributed by atoms with van der Waals surface area (Å²) in [5.74, 6) is -1.28. The average Bonchev–Trinajstić information content (AvgIpc) is 2.27. The first-order valence-electron chi connectivity index (χ1n) is 4.83. The van der Waals surface area contributed by atoms with E-state index in [1.54, 1.807) is 0 Å². The number of aromatic nitrogens is 1. The fourth-order valence-corrected chi connectivity index (χ4v) is 1.04. The van der Waals surface area contributed by atoms with Crippen molar-refractivity contribution in [3.8, 4) is 0 Å². The molecule has 0 aliphatic carbocycles. The van der Waals surface area contributed by atoms with Crippen molar-refractivity contribution >= 4 is 17.6 Å². The molecule has 0 aliphatic heterocycles. The molecule has 16 heavy (non-hydrogen) atoms. The molecule has 0 unspecified atom stereocenters. The van der Waals surface area contributed by atoms with Gasteiger partial charge in [-0.05, 0) is 18.7 Å². The third-order valence-electron chi connectivity index (χ3n) is 1.80. The molecule has 0 radical (unpaired) electrons. The highest BCUT2D eigenvalue weighted by Crippen LogP contribution is 2.05. The number of pyridine rings is 1. The molecule has 0 aromatic carbocycles. The number of carboxylic acid groups (broad SMARTS) is 1. The number of carbonyl (C=O) groups excluding carboxylic acids is 1. The number of nitrogens with one attached hydrogen (secondary N) is 2. The van der Waals surface area contributed by atoms with Crippen LogP contribution in [0.5, 0.6) is 0 Å². The number of nitrogens with zero attached hydrogens (tertiary/aromatic N) is 1. The van der Waals surface area contributed by atoms with Crippen molar-refractivity contribution in [1.82, 2.24) is 10.3 Å². The van der Waals surface area contributed by atoms with Crippen LogP contribution in [0.4, 0.5) is 5.69 Å². The van der Waals surface area contributed by atoms with Crippen molar-refractivity contribution in [2.45, 2.75) is 6.92 Å². The van der Waals surface area contributed by atoms with Gasteiger partial charge in [0.1, 0.15) is 5.69 Å². The molecule has 86 valence electrons. The number of rotatable bonds is 5. The molecule has 1 aromatic rings. The molecule has 0 saturated heterocycles. The van der Waals surface area contributed by atoms with Gasteiger partial charge in [0.05, 0.1) is 18.4 Å². The summed E-state index contributed by atoms with van der Waals surface area (Å²) in [4.78, 5) is 25.5. The first-order chi connectivity index (χ1) is 7.63. The smallest absolute Gasteiger partial charge is 0.354 e. The fraction of sp³-hybridized carbons (Fsp3) is 0.300. The SMILES string of the molecule is CCNCC(=O)Nc1ccc(C(=O)O)nc1. The number of carbonyl (C=O) groups is 2. The van der Waals surface area contributed by atoms with E-state index in [4.69, 9.17) is 5.11 Å². The van der Waals surface area contributed by atoms with Crippen LogP contribution in [0.25, 0.3) is 0 Å². The lowest BCUT2D eigenvalue weighted by Crippen LogP contribution is -2.27. The van der Waals surface area contributed by atoms with E-state index in [1.165, 1.54) is 18.3 Å². The minimum atomic E-state index is -1.09. The summed E-state index contributed by atoms with van der Waals surface area (Å²) in [7, 11) is 0. The molecule has 1 heterocycles. The van der Waals surface area contributed by atoms with E-state index >= 15 is 0 Å². The molecule has 0 atom stereocenters. The summed E-state index contributed by atoms with van der Waals surface area (Å²) in [5.41, 5.74) is 0.428. The van der Waals surface area contributed by atoms with Crippen LogP contribution in [0, 0.1) is 0 Å². The van der Waals surface area contributed by atoms with Crippen molar-refractivity contribution in [3.63, 3.8) is 0 Å². The summed E-state index contributed by atoms with van der Waals surface area (Å²) in [6.45, 7) is 2.83. The quantitative estimate of drug-likeness (QED) is 0.669. The number of hydrogen-bond acceptors (Lipinski definition) is 4. The Morgan fingerprint density at radius 3 is 2.69 bits per heavy atom. The number of amides is 1. The maximum absolute atomic E-state index is 11.3. The van der Waals surface area contributed by atoms with Crippen LogP contribution < -0.4 is 10.6 Å². The van der Waals surface area contributed by atoms with Crippen LogP contribution >= 0.6 is 0 Å². The zero-order valence-electron chi connectivity index (χ0n) is 8.86. The lowest BCUT2D eigenvalue weighted by Gasteiger charge is -2.04. The van der Waals surface area contributed by atoms with Gasteiger partial charge in [-0.15, -0.1) is 0 Å². The van der Waals surface area contributed by atoms with Crippen LogP contribution in [-0.4, -0.2) is 35.1 Å². The minimum Gasteiger partial charge on any atom is -0.477 e. The van der Waals surface area contributed by atoms with Gasteiger partial charge in [-0.2, -0.15) is 0 Å². The van der Waals surface area contributed by atoms with Gasteiger partial charge in [-0.1, -0.05) is 6.92 Å². The predicted octanol–water partition coefficient (Wildman–Crippen LogP) is 0.328. The summed E-state index contributed by atoms with van der Waals surface area (Å²) < 4.78 is 0. The monoisotopic (exact) mass is 223 g/mol. The summed E-state index contributed by atoms with van der Waals surface area (Å²) >= 11 is 0. The van der Waals surface area contributed by atoms with Gasteiger partial charge in [-0.25, -0.2) is 9.78 Å². The van der Waals surface area contributed by atoms with E-state index < -0.39 is 5.97 Å². The molecule has 0 spiro atoms. The molecule has 3 N–H and O–H groups in total. The topological polar surface area (TPSA) is 91.3 Å². The molecule has 0 fully saturated rings. The second-order valence-electron chi connectivity index (χ2n) is 3.07. The molecular weight excluding hydrogens is 210 g/mol. The van der Waals surface area contributed by atoms with E-state index in [1.807, 2.05) is 6.92 Å². The average molecular weight is 223 g/mol. The zero-order valence-corrected chi connectivity index (χ0v) is 8.86. The molecule has 6 heteroatoms. The lowest BCUT2D eigenvalue weighted by molar-refractivity contribution is -0.115. The highest BCUT2D eigenvalue weighted by atomic mass is 16.4. The number of aromatic carboxylic acids is 1. The third-order valence-corrected chi connectivity index (χ3v) is 1.80. The Hall–Kier alpha value is -1.95. The molecule has 6 nitrogen and oxygen atoms in total. The van der Waals surface area contributed by atoms with Crippen molar-refractivity contribution in [2.75, 3.05) is 18.4 Å². The number of hydrogen-bond donors (Lipinski definition) is 3. The molecule has 1 amide bonds. The molecule has 1 rings (SSSR count). The normalized spacial score (nSPS) is 9.81. The minimum absolute atomic E-state index is 0.0512. The van der Waals surface area contributed by atoms with Crippen molar-refractivity contribution in [2.24, 2.45) is 0 Å². The van der Waals surface area contributed by atoms with Gasteiger partial charge in [0.25, 0.3) is 0 Å². The van der Waals surface area contributed by atoms with Gasteiger partial charge in [0.15, 0.2) is 0 Å². The van der Waals surface area contributed by atoms with E-state index in [0.29, 0.717) is 12.2 Å². The standard InChI is InChI=1S/C10H13N3O3/c1-2-11-6-9(14)13-7-3-4-8(10(15)16)12-5-7/h3-5,11H,2,6H2,1H3,(H,13,14)(H,15,16). The van der Waals surface area contributed by atoms with Gasteiger partial charge >= 0.3 is 5.97 Å². The second kappa shape index (κ2) is 5.82. The van der Waals surface area contributed by atoms with E-state index in [2.05, 4.69) is 15.6 Å². The van der Waals surface area contributed by atoms with Crippen LogP contribution in [-0.2, 0) is 4.79 Å². The summed E-state index contributed by atoms with van der Waals surface area (Å²) in [6, 6.07) is 2.84. The van der Waals surface area contributed by atoms with Crippen LogP contribution in [0.3, 0.4) is 0 Å². The first kappa shape index (κ1) is 12.1. The van der Waals surface area contributed by atoms with Crippen molar-refractivity contribution in [3.05, 3.63) is 24.0 Å². The summed E-state index contributed by atoms with van der Waals surface area (Å²) in [6.07, 6.45) is 1.31. The Labute approximate surface area is 92.7 Å². The lowest BCUT2D eigenvalue weighted by atomic mass is 10.3.